The molecule has 16 heteroatoms. The van der Waals surface area contributed by atoms with Gasteiger partial charge >= 0.3 is 6.01 Å². The molecule has 0 saturated carbocycles. The first-order valence-corrected chi connectivity index (χ1v) is 33.8. The standard InChI is InChI=1S/C29H45N3O3.C25H26FN4O3P.C7H13N.C3H8.3C2H6/c1-5-8-22(9-6-2)19-31-16-14-23(15-17-31)24-10-11-26(25(18-24)21(4)7-3)32(20-33)27-12-13-28(34)30-29(27)35;1-3-16-19(26)7-6-13-9-15(32)10-17(20(13)16)21-23(34)22-18(11-27-21)24(29-25(28-22)33-2)30-8-4-5-14(31)12-30;1-3-7-4-2-6-8(7)5-1;1-3-2;3*1-2/h10-11,18,20-23,27H,5-9,12-17,19H2,1-4H3,(H,30,34,35);6-7,9-11,14,31-32H,3-5,8,12,34H2,1-2H3;7H,1-6H2;3H2,1-2H3;3*1-2H3. The van der Waals surface area contributed by atoms with Crippen LogP contribution in [0.2, 0.25) is 0 Å². The number of anilines is 2. The van der Waals surface area contributed by atoms with E-state index in [1.807, 2.05) is 59.4 Å². The summed E-state index contributed by atoms with van der Waals surface area (Å²) in [6.07, 6.45) is 20.4. The third-order valence-corrected chi connectivity index (χ3v) is 17.5. The Morgan fingerprint density at radius 1 is 0.849 bits per heavy atom. The highest BCUT2D eigenvalue weighted by molar-refractivity contribution is 7.28. The number of carbonyl (C=O) groups excluding carboxylic acids is 3. The Labute approximate surface area is 519 Å². The first-order chi connectivity index (χ1) is 41.7. The Bertz CT molecular complexity index is 2840. The molecule has 4 atom stereocenters. The normalized spacial score (nSPS) is 18.2. The number of aliphatic hydroxyl groups is 1. The zero-order chi connectivity index (χ0) is 63.5. The fraction of sp³-hybridized carbons (Fsp3) is 0.629. The predicted octanol–water partition coefficient (Wildman–Crippen LogP) is 14.8. The molecule has 478 valence electrons. The van der Waals surface area contributed by atoms with Crippen LogP contribution in [-0.4, -0.2) is 124 Å². The number of rotatable bonds is 16. The van der Waals surface area contributed by atoms with E-state index in [9.17, 15) is 29.0 Å². The summed E-state index contributed by atoms with van der Waals surface area (Å²) in [7, 11) is 4.21. The minimum absolute atomic E-state index is 0.0747. The minimum Gasteiger partial charge on any atom is -0.508 e. The molecule has 3 N–H and O–H groups in total. The number of aryl methyl sites for hydroxylation is 1. The van der Waals surface area contributed by atoms with E-state index in [-0.39, 0.29) is 41.7 Å². The van der Waals surface area contributed by atoms with Crippen molar-refractivity contribution in [2.45, 2.75) is 229 Å². The van der Waals surface area contributed by atoms with Crippen molar-refractivity contribution in [1.29, 1.82) is 0 Å². The average Bonchev–Trinajstić information content (AvgIpc) is 1.29. The Kier molecular flexibility index (Phi) is 32.4. The minimum atomic E-state index is -0.638. The maximum Gasteiger partial charge on any atom is 0.318 e. The number of phenols is 1. The van der Waals surface area contributed by atoms with Gasteiger partial charge in [0.25, 0.3) is 0 Å². The predicted molar refractivity (Wildman–Crippen MR) is 360 cm³/mol. The number of imide groups is 1. The second-order valence-electron chi connectivity index (χ2n) is 22.8. The first kappa shape index (κ1) is 73.1. The SMILES string of the molecule is C1CC2CCCN2C1.CC.CC.CC.CCC.CCCC(CCC)CN1CCC(c2ccc(N(C=O)C3CCC(=O)NC3=O)c(C(C)CC)c2)CC1.CCc1c(F)ccc2cc(O)cc(-c3ncc4c(N5CCCC(O)C5)nc(OC)nc4c3P)c12. The van der Waals surface area contributed by atoms with E-state index in [0.29, 0.717) is 58.8 Å². The lowest BCUT2D eigenvalue weighted by molar-refractivity contribution is -0.134. The van der Waals surface area contributed by atoms with Crippen LogP contribution in [-0.2, 0) is 20.8 Å². The van der Waals surface area contributed by atoms with Crippen LogP contribution < -0.4 is 25.2 Å². The number of benzene rings is 3. The van der Waals surface area contributed by atoms with Crippen LogP contribution in [0.25, 0.3) is 32.9 Å². The number of methoxy groups -OCH3 is 1. The summed E-state index contributed by atoms with van der Waals surface area (Å²) in [4.78, 5) is 59.0. The van der Waals surface area contributed by atoms with Crippen LogP contribution in [0.1, 0.15) is 221 Å². The Morgan fingerprint density at radius 2 is 1.50 bits per heavy atom. The van der Waals surface area contributed by atoms with Crippen LogP contribution in [0, 0.1) is 11.7 Å². The van der Waals surface area contributed by atoms with Crippen LogP contribution >= 0.6 is 9.24 Å². The molecule has 3 aromatic carbocycles. The molecular formula is C70H110FN8O6P. The number of likely N-dealkylation sites (tertiary alicyclic amines) is 1. The number of amides is 3. The van der Waals surface area contributed by atoms with Crippen LogP contribution in [0.15, 0.2) is 48.7 Å². The molecule has 86 heavy (non-hydrogen) atoms. The number of pyridine rings is 1. The number of aromatic hydroxyl groups is 1. The van der Waals surface area contributed by atoms with Gasteiger partial charge in [-0.25, -0.2) is 4.39 Å². The van der Waals surface area contributed by atoms with Gasteiger partial charge < -0.3 is 34.5 Å². The summed E-state index contributed by atoms with van der Waals surface area (Å²) in [5.41, 5.74) is 5.67. The zero-order valence-electron chi connectivity index (χ0n) is 55.2. The molecule has 5 aliphatic heterocycles. The number of nitrogens with one attached hydrogen (secondary N) is 1. The maximum absolute atomic E-state index is 14.7. The van der Waals surface area contributed by atoms with Crippen molar-refractivity contribution in [2.75, 3.05) is 62.7 Å². The highest BCUT2D eigenvalue weighted by atomic mass is 31.0. The molecule has 4 unspecified atom stereocenters. The lowest BCUT2D eigenvalue weighted by Gasteiger charge is -2.36. The third kappa shape index (κ3) is 19.3. The summed E-state index contributed by atoms with van der Waals surface area (Å²) in [6.45, 7) is 34.6. The molecule has 7 heterocycles. The molecule has 5 aliphatic rings. The van der Waals surface area contributed by atoms with E-state index in [1.165, 1.54) is 101 Å². The van der Waals surface area contributed by atoms with Crippen molar-refractivity contribution in [2.24, 2.45) is 5.92 Å². The summed E-state index contributed by atoms with van der Waals surface area (Å²) >= 11 is 0. The second kappa shape index (κ2) is 38.2. The lowest BCUT2D eigenvalue weighted by Crippen LogP contribution is -2.52. The molecule has 5 saturated heterocycles. The van der Waals surface area contributed by atoms with Gasteiger partial charge in [0.1, 0.15) is 23.4 Å². The Morgan fingerprint density at radius 3 is 2.07 bits per heavy atom. The van der Waals surface area contributed by atoms with Gasteiger partial charge in [-0.3, -0.25) is 24.7 Å². The van der Waals surface area contributed by atoms with E-state index < -0.39 is 12.1 Å². The average molecular weight is 1210 g/mol. The molecule has 2 aromatic heterocycles. The van der Waals surface area contributed by atoms with Crippen LogP contribution in [0.3, 0.4) is 0 Å². The van der Waals surface area contributed by atoms with Gasteiger partial charge in [-0.2, -0.15) is 9.97 Å². The molecule has 10 rings (SSSR count). The number of aliphatic hydroxyl groups excluding tert-OH is 1. The lowest BCUT2D eigenvalue weighted by atomic mass is 9.85. The number of halogens is 1. The number of ether oxygens (including phenoxy) is 1. The van der Waals surface area contributed by atoms with Crippen LogP contribution in [0.4, 0.5) is 15.9 Å². The van der Waals surface area contributed by atoms with Gasteiger partial charge in [-0.15, -0.1) is 9.24 Å². The zero-order valence-corrected chi connectivity index (χ0v) is 56.4. The fourth-order valence-corrected chi connectivity index (χ4v) is 13.2. The number of hydrogen-bond acceptors (Lipinski definition) is 12. The number of phenolic OH excluding ortho intramolecular Hbond substituents is 1. The van der Waals surface area contributed by atoms with Crippen LogP contribution in [0.5, 0.6) is 11.8 Å². The van der Waals surface area contributed by atoms with E-state index in [4.69, 9.17) is 9.72 Å². The molecule has 0 radical (unpaired) electrons. The fourth-order valence-electron chi connectivity index (χ4n) is 12.7. The quantitative estimate of drug-likeness (QED) is 0.0487. The van der Waals surface area contributed by atoms with Gasteiger partial charge in [0, 0.05) is 54.8 Å². The number of aromatic nitrogens is 3. The summed E-state index contributed by atoms with van der Waals surface area (Å²) in [5, 5.41) is 25.9. The molecule has 0 bridgehead atoms. The van der Waals surface area contributed by atoms with Crippen molar-refractivity contribution >= 4 is 65.9 Å². The number of carbonyl (C=O) groups is 3. The van der Waals surface area contributed by atoms with E-state index in [0.717, 1.165) is 97.5 Å². The smallest absolute Gasteiger partial charge is 0.318 e. The number of fused-ring (bicyclic) bond motifs is 3. The van der Waals surface area contributed by atoms with Crippen molar-refractivity contribution in [3.8, 4) is 23.0 Å². The number of hydrogen-bond donors (Lipinski definition) is 3. The molecule has 0 aliphatic carbocycles. The molecule has 3 amide bonds. The maximum atomic E-state index is 14.7. The molecule has 0 spiro atoms. The third-order valence-electron chi connectivity index (χ3n) is 17.0. The Balaban J connectivity index is 0.000000290. The van der Waals surface area contributed by atoms with E-state index >= 15 is 0 Å². The Hall–Kier alpha value is -5.34. The van der Waals surface area contributed by atoms with E-state index in [2.05, 4.69) is 88.0 Å². The van der Waals surface area contributed by atoms with Crippen molar-refractivity contribution < 1.29 is 33.7 Å². The van der Waals surface area contributed by atoms with Crippen molar-refractivity contribution in [1.82, 2.24) is 30.1 Å². The second-order valence-corrected chi connectivity index (χ2v) is 23.4. The largest absolute Gasteiger partial charge is 0.508 e. The van der Waals surface area contributed by atoms with Crippen molar-refractivity contribution in [3.05, 3.63) is 71.2 Å². The van der Waals surface area contributed by atoms with Gasteiger partial charge in [0.2, 0.25) is 18.2 Å². The van der Waals surface area contributed by atoms with Gasteiger partial charge in [-0.05, 0) is 179 Å². The number of β-amino-alcohol motifs (C(OH)–C–C–N with tert-alkyl or cyclic N) is 1. The monoisotopic (exact) mass is 1210 g/mol. The van der Waals surface area contributed by atoms with Gasteiger partial charge in [0.05, 0.1) is 29.8 Å². The molecular weight excluding hydrogens is 1100 g/mol. The van der Waals surface area contributed by atoms with Gasteiger partial charge in [-0.1, -0.05) is 127 Å². The summed E-state index contributed by atoms with van der Waals surface area (Å²) in [5.74, 6) is 1.40. The highest BCUT2D eigenvalue weighted by Crippen LogP contribution is 2.40. The first-order valence-electron chi connectivity index (χ1n) is 33.3. The van der Waals surface area contributed by atoms with Gasteiger partial charge in [0.15, 0.2) is 0 Å². The molecule has 14 nitrogen and oxygen atoms in total. The highest BCUT2D eigenvalue weighted by Gasteiger charge is 2.34. The topological polar surface area (TPSA) is 165 Å². The number of piperidine rings is 3. The van der Waals surface area contributed by atoms with Crippen molar-refractivity contribution in [3.63, 3.8) is 0 Å². The molecule has 5 fully saturated rings. The summed E-state index contributed by atoms with van der Waals surface area (Å²) in [6, 6.07) is 13.4. The summed E-state index contributed by atoms with van der Waals surface area (Å²) < 4.78 is 20.1. The van der Waals surface area contributed by atoms with E-state index in [1.54, 1.807) is 24.4 Å². The molecule has 5 aromatic rings. The number of nitrogens with zero attached hydrogens (tertiary/aromatic N) is 7.